The zero-order chi connectivity index (χ0) is 19.3. The van der Waals surface area contributed by atoms with Crippen LogP contribution < -0.4 is 0 Å². The number of H-pyrrole nitrogens is 1. The first-order valence-corrected chi connectivity index (χ1v) is 9.49. The van der Waals surface area contributed by atoms with Crippen molar-refractivity contribution in [1.29, 1.82) is 0 Å². The van der Waals surface area contributed by atoms with E-state index in [1.807, 2.05) is 39.1 Å². The molecule has 2 rings (SSSR count). The number of hydrogen-bond donors (Lipinski definition) is 1. The summed E-state index contributed by atoms with van der Waals surface area (Å²) in [5, 5.41) is 6.48. The predicted octanol–water partition coefficient (Wildman–Crippen LogP) is 7.09. The molecule has 0 bridgehead atoms. The molecule has 0 saturated carbocycles. The summed E-state index contributed by atoms with van der Waals surface area (Å²) in [6.45, 7) is 9.96. The molecule has 0 saturated heterocycles. The Morgan fingerprint density at radius 2 is 2.15 bits per heavy atom. The number of halogens is 3. The summed E-state index contributed by atoms with van der Waals surface area (Å²) in [4.78, 5) is 0.940. The van der Waals surface area contributed by atoms with Gasteiger partial charge < -0.3 is 0 Å². The third-order valence-corrected chi connectivity index (χ3v) is 5.63. The molecule has 0 radical (unpaired) electrons. The first-order chi connectivity index (χ1) is 12.4. The summed E-state index contributed by atoms with van der Waals surface area (Å²) in [6, 6.07) is 2.07. The van der Waals surface area contributed by atoms with E-state index in [9.17, 15) is 8.78 Å². The van der Waals surface area contributed by atoms with Crippen LogP contribution in [0, 0.1) is 11.6 Å². The van der Waals surface area contributed by atoms with Gasteiger partial charge in [0, 0.05) is 28.0 Å². The molecule has 138 valence electrons. The fourth-order valence-electron chi connectivity index (χ4n) is 2.40. The van der Waals surface area contributed by atoms with Crippen molar-refractivity contribution in [3.05, 3.63) is 81.5 Å². The molecule has 0 spiro atoms. The lowest BCUT2D eigenvalue weighted by Crippen LogP contribution is -1.97. The number of allylic oxidation sites excluding steroid dienone is 4. The van der Waals surface area contributed by atoms with Gasteiger partial charge in [0.05, 0.1) is 11.2 Å². The Balaban J connectivity index is 2.37. The van der Waals surface area contributed by atoms with Gasteiger partial charge >= 0.3 is 0 Å². The van der Waals surface area contributed by atoms with E-state index in [0.29, 0.717) is 5.56 Å². The van der Waals surface area contributed by atoms with E-state index < -0.39 is 11.6 Å². The van der Waals surface area contributed by atoms with Crippen molar-refractivity contribution in [3.63, 3.8) is 0 Å². The zero-order valence-electron chi connectivity index (χ0n) is 14.9. The SMILES string of the molecule is C=C(CC)/C(=C\C(=C/C)c1cn[nH]c1)SC(C)c1cc(F)cc(F)c1Cl. The average molecular weight is 395 g/mol. The Morgan fingerprint density at radius 3 is 2.73 bits per heavy atom. The number of nitrogens with zero attached hydrogens (tertiary/aromatic N) is 1. The zero-order valence-corrected chi connectivity index (χ0v) is 16.5. The van der Waals surface area contributed by atoms with Crippen LogP contribution in [0.4, 0.5) is 8.78 Å². The topological polar surface area (TPSA) is 28.7 Å². The maximum Gasteiger partial charge on any atom is 0.145 e. The van der Waals surface area contributed by atoms with Crippen LogP contribution in [0.5, 0.6) is 0 Å². The lowest BCUT2D eigenvalue weighted by atomic mass is 10.1. The molecule has 1 heterocycles. The fraction of sp³-hybridized carbons (Fsp3) is 0.250. The molecule has 1 unspecified atom stereocenters. The van der Waals surface area contributed by atoms with Crippen LogP contribution in [0.3, 0.4) is 0 Å². The van der Waals surface area contributed by atoms with E-state index in [0.717, 1.165) is 34.1 Å². The highest BCUT2D eigenvalue weighted by atomic mass is 35.5. The summed E-state index contributed by atoms with van der Waals surface area (Å²) in [6.07, 6.45) is 8.31. The Morgan fingerprint density at radius 1 is 1.42 bits per heavy atom. The van der Waals surface area contributed by atoms with Crippen LogP contribution in [-0.4, -0.2) is 10.2 Å². The van der Waals surface area contributed by atoms with E-state index in [-0.39, 0.29) is 10.3 Å². The summed E-state index contributed by atoms with van der Waals surface area (Å²) in [5.74, 6) is -1.39. The van der Waals surface area contributed by atoms with Crippen molar-refractivity contribution in [2.24, 2.45) is 0 Å². The van der Waals surface area contributed by atoms with Crippen LogP contribution in [-0.2, 0) is 0 Å². The maximum absolute atomic E-state index is 13.8. The molecule has 2 nitrogen and oxygen atoms in total. The molecule has 1 aromatic heterocycles. The van der Waals surface area contributed by atoms with Crippen LogP contribution in [0.2, 0.25) is 5.02 Å². The third kappa shape index (κ3) is 4.86. The van der Waals surface area contributed by atoms with Gasteiger partial charge in [-0.15, -0.1) is 11.8 Å². The smallest absolute Gasteiger partial charge is 0.145 e. The van der Waals surface area contributed by atoms with Gasteiger partial charge in [0.25, 0.3) is 0 Å². The predicted molar refractivity (Wildman–Crippen MR) is 107 cm³/mol. The first kappa shape index (κ1) is 20.5. The summed E-state index contributed by atoms with van der Waals surface area (Å²) in [7, 11) is 0. The van der Waals surface area contributed by atoms with Crippen LogP contribution in [0.25, 0.3) is 5.57 Å². The fourth-order valence-corrected chi connectivity index (χ4v) is 3.94. The number of hydrogen-bond acceptors (Lipinski definition) is 2. The second kappa shape index (κ2) is 9.19. The van der Waals surface area contributed by atoms with Crippen molar-refractivity contribution in [2.45, 2.75) is 32.4 Å². The van der Waals surface area contributed by atoms with Gasteiger partial charge in [0.15, 0.2) is 0 Å². The largest absolute Gasteiger partial charge is 0.285 e. The summed E-state index contributed by atoms with van der Waals surface area (Å²) in [5.41, 5.74) is 3.31. The molecule has 1 aromatic carbocycles. The monoisotopic (exact) mass is 394 g/mol. The molecule has 0 fully saturated rings. The number of nitrogens with one attached hydrogen (secondary N) is 1. The molecule has 2 aromatic rings. The third-order valence-electron chi connectivity index (χ3n) is 3.97. The average Bonchev–Trinajstić information content (AvgIpc) is 3.15. The lowest BCUT2D eigenvalue weighted by Gasteiger charge is -2.18. The number of aromatic nitrogens is 2. The molecule has 0 amide bonds. The van der Waals surface area contributed by atoms with E-state index in [2.05, 4.69) is 16.8 Å². The minimum absolute atomic E-state index is 0.0473. The molecular weight excluding hydrogens is 374 g/mol. The van der Waals surface area contributed by atoms with Gasteiger partial charge in [-0.3, -0.25) is 5.10 Å². The maximum atomic E-state index is 13.8. The van der Waals surface area contributed by atoms with Gasteiger partial charge in [-0.25, -0.2) is 8.78 Å². The second-order valence-electron chi connectivity index (χ2n) is 5.75. The van der Waals surface area contributed by atoms with Crippen LogP contribution in [0.1, 0.15) is 43.6 Å². The van der Waals surface area contributed by atoms with Gasteiger partial charge in [-0.05, 0) is 49.1 Å². The minimum Gasteiger partial charge on any atom is -0.285 e. The molecule has 1 atom stereocenters. The highest BCUT2D eigenvalue weighted by Crippen LogP contribution is 2.42. The quantitative estimate of drug-likeness (QED) is 0.401. The number of aromatic amines is 1. The van der Waals surface area contributed by atoms with Crippen molar-refractivity contribution in [3.8, 4) is 0 Å². The van der Waals surface area contributed by atoms with Crippen molar-refractivity contribution >= 4 is 28.9 Å². The Labute approximate surface area is 162 Å². The Hall–Kier alpha value is -1.85. The van der Waals surface area contributed by atoms with Crippen LogP contribution in [0.15, 0.2) is 53.7 Å². The van der Waals surface area contributed by atoms with Crippen molar-refractivity contribution in [1.82, 2.24) is 10.2 Å². The Kier molecular flexibility index (Phi) is 7.23. The minimum atomic E-state index is -0.749. The molecular formula is C20H21ClF2N2S. The van der Waals surface area contributed by atoms with Gasteiger partial charge in [0.2, 0.25) is 0 Å². The highest BCUT2D eigenvalue weighted by Gasteiger charge is 2.18. The van der Waals surface area contributed by atoms with E-state index in [1.165, 1.54) is 17.8 Å². The molecule has 0 aliphatic carbocycles. The number of rotatable bonds is 7. The molecule has 1 N–H and O–H groups in total. The van der Waals surface area contributed by atoms with Gasteiger partial charge in [0.1, 0.15) is 11.6 Å². The second-order valence-corrected chi connectivity index (χ2v) is 7.51. The van der Waals surface area contributed by atoms with E-state index >= 15 is 0 Å². The van der Waals surface area contributed by atoms with Gasteiger partial charge in [-0.1, -0.05) is 31.2 Å². The highest BCUT2D eigenvalue weighted by molar-refractivity contribution is 8.03. The van der Waals surface area contributed by atoms with E-state index in [1.54, 1.807) is 6.20 Å². The van der Waals surface area contributed by atoms with Crippen molar-refractivity contribution < 1.29 is 8.78 Å². The first-order valence-electron chi connectivity index (χ1n) is 8.23. The summed E-state index contributed by atoms with van der Waals surface area (Å²) >= 11 is 7.53. The summed E-state index contributed by atoms with van der Waals surface area (Å²) < 4.78 is 27.4. The molecule has 26 heavy (non-hydrogen) atoms. The number of thioether (sulfide) groups is 1. The normalized spacial score (nSPS) is 13.8. The van der Waals surface area contributed by atoms with E-state index in [4.69, 9.17) is 11.6 Å². The molecule has 0 aliphatic heterocycles. The standard InChI is InChI=1S/C20H21ClF2N2S/c1-5-12(3)19(7-14(6-2)15-10-24-25-11-15)26-13(4)17-8-16(22)9-18(23)20(17)21/h6-11,13H,3,5H2,1-2,4H3,(H,24,25)/b14-6+,19-7+. The number of benzene rings is 1. The van der Waals surface area contributed by atoms with Crippen LogP contribution >= 0.6 is 23.4 Å². The molecule has 6 heteroatoms. The van der Waals surface area contributed by atoms with Gasteiger partial charge in [-0.2, -0.15) is 5.10 Å². The molecule has 0 aliphatic rings. The Bertz CT molecular complexity index is 842. The van der Waals surface area contributed by atoms with Crippen molar-refractivity contribution in [2.75, 3.05) is 0 Å². The lowest BCUT2D eigenvalue weighted by molar-refractivity contribution is 0.580.